The van der Waals surface area contributed by atoms with Gasteiger partial charge < -0.3 is 9.47 Å². The monoisotopic (exact) mass is 388 g/mol. The second-order valence-corrected chi connectivity index (χ2v) is 6.82. The Morgan fingerprint density at radius 3 is 1.45 bits per heavy atom. The molecular weight excluding hydrogens is 364 g/mol. The first-order valence-corrected chi connectivity index (χ1v) is 9.50. The molecule has 3 aromatic carbocycles. The minimum absolute atomic E-state index is 0.00374. The lowest BCUT2D eigenvalue weighted by molar-refractivity contribution is 0.0944. The Bertz CT molecular complexity index is 883. The zero-order valence-corrected chi connectivity index (χ0v) is 16.6. The summed E-state index contributed by atoms with van der Waals surface area (Å²) in [7, 11) is 3.18. The van der Waals surface area contributed by atoms with Crippen molar-refractivity contribution in [3.8, 4) is 11.5 Å². The van der Waals surface area contributed by atoms with E-state index >= 15 is 0 Å². The first kappa shape index (κ1) is 20.3. The molecule has 0 unspecified atom stereocenters. The average molecular weight is 388 g/mol. The van der Waals surface area contributed by atoms with Gasteiger partial charge in [-0.05, 0) is 60.0 Å². The van der Waals surface area contributed by atoms with Crippen molar-refractivity contribution in [2.45, 2.75) is 18.8 Å². The number of ether oxygens (including phenoxy) is 2. The van der Waals surface area contributed by atoms with E-state index < -0.39 is 0 Å². The van der Waals surface area contributed by atoms with Gasteiger partial charge in [-0.15, -0.1) is 0 Å². The number of benzene rings is 3. The molecule has 3 aromatic rings. The fourth-order valence-electron chi connectivity index (χ4n) is 3.27. The molecule has 0 saturated carbocycles. The predicted molar refractivity (Wildman–Crippen MR) is 113 cm³/mol. The van der Waals surface area contributed by atoms with Crippen LogP contribution in [0.5, 0.6) is 11.5 Å². The molecule has 3 rings (SSSR count). The Morgan fingerprint density at radius 1 is 0.655 bits per heavy atom. The molecular formula is C25H24O4. The summed E-state index contributed by atoms with van der Waals surface area (Å²) in [6.07, 6.45) is 0.524. The Kier molecular flexibility index (Phi) is 6.80. The van der Waals surface area contributed by atoms with Crippen molar-refractivity contribution < 1.29 is 19.1 Å². The van der Waals surface area contributed by atoms with Gasteiger partial charge in [0.1, 0.15) is 11.5 Å². The van der Waals surface area contributed by atoms with E-state index in [1.165, 1.54) is 0 Å². The molecule has 0 bridgehead atoms. The van der Waals surface area contributed by atoms with Crippen molar-refractivity contribution in [2.24, 2.45) is 0 Å². The average Bonchev–Trinajstić information content (AvgIpc) is 2.79. The Balaban J connectivity index is 1.78. The van der Waals surface area contributed by atoms with Crippen molar-refractivity contribution in [1.29, 1.82) is 0 Å². The maximum Gasteiger partial charge on any atom is 0.163 e. The van der Waals surface area contributed by atoms with E-state index in [2.05, 4.69) is 0 Å². The second-order valence-electron chi connectivity index (χ2n) is 6.82. The highest BCUT2D eigenvalue weighted by molar-refractivity contribution is 5.99. The number of methoxy groups -OCH3 is 2. The molecule has 0 saturated heterocycles. The lowest BCUT2D eigenvalue weighted by atomic mass is 9.86. The highest BCUT2D eigenvalue weighted by Crippen LogP contribution is 2.28. The molecule has 0 fully saturated rings. The zero-order chi connectivity index (χ0) is 20.6. The van der Waals surface area contributed by atoms with Crippen molar-refractivity contribution in [1.82, 2.24) is 0 Å². The molecule has 0 aliphatic heterocycles. The molecule has 0 aliphatic rings. The van der Waals surface area contributed by atoms with Gasteiger partial charge in [-0.3, -0.25) is 9.59 Å². The van der Waals surface area contributed by atoms with Crippen LogP contribution in [0.3, 0.4) is 0 Å². The van der Waals surface area contributed by atoms with Gasteiger partial charge in [-0.2, -0.15) is 0 Å². The maximum atomic E-state index is 12.9. The van der Waals surface area contributed by atoms with Crippen LogP contribution in [0.1, 0.15) is 45.0 Å². The van der Waals surface area contributed by atoms with Crippen molar-refractivity contribution in [3.63, 3.8) is 0 Å². The summed E-state index contributed by atoms with van der Waals surface area (Å²) in [5.41, 5.74) is 2.21. The number of hydrogen-bond acceptors (Lipinski definition) is 4. The van der Waals surface area contributed by atoms with Gasteiger partial charge in [0.2, 0.25) is 0 Å². The third-order valence-electron chi connectivity index (χ3n) is 4.96. The third-order valence-corrected chi connectivity index (χ3v) is 4.96. The van der Waals surface area contributed by atoms with Crippen molar-refractivity contribution in [2.75, 3.05) is 14.2 Å². The Labute approximate surface area is 171 Å². The zero-order valence-electron chi connectivity index (χ0n) is 16.6. The molecule has 0 heterocycles. The van der Waals surface area contributed by atoms with E-state index in [1.807, 2.05) is 30.3 Å². The summed E-state index contributed by atoms with van der Waals surface area (Å²) < 4.78 is 10.3. The Morgan fingerprint density at radius 2 is 1.07 bits per heavy atom. The quantitative estimate of drug-likeness (QED) is 0.465. The normalized spacial score (nSPS) is 10.6. The summed E-state index contributed by atoms with van der Waals surface area (Å²) in [5, 5.41) is 0. The van der Waals surface area contributed by atoms with Gasteiger partial charge in [-0.1, -0.05) is 30.3 Å². The number of rotatable bonds is 9. The van der Waals surface area contributed by atoms with Gasteiger partial charge in [0, 0.05) is 24.0 Å². The van der Waals surface area contributed by atoms with Gasteiger partial charge in [-0.25, -0.2) is 0 Å². The molecule has 0 aliphatic carbocycles. The Hall–Kier alpha value is -3.40. The number of carbonyl (C=O) groups is 2. The number of Topliss-reactive ketones (excluding diaryl/α,β-unsaturated/α-hetero) is 2. The van der Waals surface area contributed by atoms with Crippen LogP contribution in [0.2, 0.25) is 0 Å². The topological polar surface area (TPSA) is 52.6 Å². The van der Waals surface area contributed by atoms with Gasteiger partial charge in [0.15, 0.2) is 11.6 Å². The van der Waals surface area contributed by atoms with Crippen LogP contribution in [0.15, 0.2) is 78.9 Å². The largest absolute Gasteiger partial charge is 0.497 e. The second kappa shape index (κ2) is 9.69. The molecule has 0 N–H and O–H groups in total. The number of ketones is 2. The summed E-state index contributed by atoms with van der Waals surface area (Å²) in [5.74, 6) is 1.22. The first-order chi connectivity index (χ1) is 14.1. The summed E-state index contributed by atoms with van der Waals surface area (Å²) in [4.78, 5) is 25.7. The smallest absolute Gasteiger partial charge is 0.163 e. The fraction of sp³-hybridized carbons (Fsp3) is 0.200. The van der Waals surface area contributed by atoms with Crippen LogP contribution < -0.4 is 9.47 Å². The molecule has 4 heteroatoms. The van der Waals surface area contributed by atoms with Gasteiger partial charge in [0.25, 0.3) is 0 Å². The minimum atomic E-state index is -0.194. The van der Waals surface area contributed by atoms with Gasteiger partial charge in [0.05, 0.1) is 14.2 Å². The molecule has 0 atom stereocenters. The van der Waals surface area contributed by atoms with Crippen molar-refractivity contribution >= 4 is 11.6 Å². The van der Waals surface area contributed by atoms with E-state index in [4.69, 9.17) is 9.47 Å². The van der Waals surface area contributed by atoms with E-state index in [-0.39, 0.29) is 30.3 Å². The lowest BCUT2D eigenvalue weighted by Gasteiger charge is -2.16. The van der Waals surface area contributed by atoms with Crippen LogP contribution in [-0.2, 0) is 0 Å². The number of hydrogen-bond donors (Lipinski definition) is 0. The summed E-state index contributed by atoms with van der Waals surface area (Å²) in [6, 6.07) is 23.8. The molecule has 0 aromatic heterocycles. The summed E-state index contributed by atoms with van der Waals surface area (Å²) >= 11 is 0. The van der Waals surface area contributed by atoms with Crippen molar-refractivity contribution in [3.05, 3.63) is 95.6 Å². The standard InChI is InChI=1S/C25H24O4/c1-28-22-12-8-19(9-13-22)24(26)16-21(18-6-4-3-5-7-18)17-25(27)20-10-14-23(29-2)15-11-20/h3-15,21H,16-17H2,1-2H3. The lowest BCUT2D eigenvalue weighted by Crippen LogP contribution is -2.13. The molecule has 0 spiro atoms. The predicted octanol–water partition coefficient (Wildman–Crippen LogP) is 5.33. The maximum absolute atomic E-state index is 12.9. The third kappa shape index (κ3) is 5.32. The fourth-order valence-corrected chi connectivity index (χ4v) is 3.27. The van der Waals surface area contributed by atoms with Crippen LogP contribution >= 0.6 is 0 Å². The molecule has 0 radical (unpaired) electrons. The highest BCUT2D eigenvalue weighted by atomic mass is 16.5. The number of carbonyl (C=O) groups excluding carboxylic acids is 2. The molecule has 0 amide bonds. The van der Waals surface area contributed by atoms with Crippen LogP contribution in [0.4, 0.5) is 0 Å². The van der Waals surface area contributed by atoms with E-state index in [0.29, 0.717) is 22.6 Å². The molecule has 29 heavy (non-hydrogen) atoms. The van der Waals surface area contributed by atoms with E-state index in [9.17, 15) is 9.59 Å². The van der Waals surface area contributed by atoms with Crippen LogP contribution in [0, 0.1) is 0 Å². The minimum Gasteiger partial charge on any atom is -0.497 e. The van der Waals surface area contributed by atoms with Crippen LogP contribution in [0.25, 0.3) is 0 Å². The summed E-state index contributed by atoms with van der Waals surface area (Å²) in [6.45, 7) is 0. The molecule has 148 valence electrons. The SMILES string of the molecule is COc1ccc(C(=O)CC(CC(=O)c2ccc(OC)cc2)c2ccccc2)cc1. The van der Waals surface area contributed by atoms with E-state index in [0.717, 1.165) is 5.56 Å². The van der Waals surface area contributed by atoms with E-state index in [1.54, 1.807) is 62.8 Å². The van der Waals surface area contributed by atoms with Gasteiger partial charge >= 0.3 is 0 Å². The first-order valence-electron chi connectivity index (χ1n) is 9.50. The highest BCUT2D eigenvalue weighted by Gasteiger charge is 2.21. The molecule has 4 nitrogen and oxygen atoms in total. The van der Waals surface area contributed by atoms with Crippen LogP contribution in [-0.4, -0.2) is 25.8 Å².